The van der Waals surface area contributed by atoms with Crippen molar-refractivity contribution in [1.29, 1.82) is 0 Å². The number of anilines is 1. The van der Waals surface area contributed by atoms with E-state index in [1.807, 2.05) is 56.6 Å². The number of rotatable bonds is 6. The van der Waals surface area contributed by atoms with Gasteiger partial charge in [0, 0.05) is 36.2 Å². The van der Waals surface area contributed by atoms with Crippen LogP contribution in [0.3, 0.4) is 0 Å². The summed E-state index contributed by atoms with van der Waals surface area (Å²) >= 11 is 3.43. The molecule has 1 aliphatic heterocycles. The van der Waals surface area contributed by atoms with E-state index in [1.54, 1.807) is 4.90 Å². The van der Waals surface area contributed by atoms with Crippen LogP contribution in [-0.2, 0) is 22.7 Å². The lowest BCUT2D eigenvalue weighted by Gasteiger charge is -2.18. The van der Waals surface area contributed by atoms with E-state index >= 15 is 0 Å². The molecule has 2 aromatic rings. The summed E-state index contributed by atoms with van der Waals surface area (Å²) in [6.45, 7) is 1.72. The fraction of sp³-hybridized carbons (Fsp3) is 0.333. The Morgan fingerprint density at radius 3 is 2.63 bits per heavy atom. The van der Waals surface area contributed by atoms with Crippen LogP contribution in [0.15, 0.2) is 53.0 Å². The summed E-state index contributed by atoms with van der Waals surface area (Å²) in [4.78, 5) is 28.8. The van der Waals surface area contributed by atoms with Gasteiger partial charge in [0.25, 0.3) is 0 Å². The van der Waals surface area contributed by atoms with E-state index in [4.69, 9.17) is 0 Å². The summed E-state index contributed by atoms with van der Waals surface area (Å²) < 4.78 is 0.915. The van der Waals surface area contributed by atoms with E-state index in [2.05, 4.69) is 32.2 Å². The highest BCUT2D eigenvalue weighted by Crippen LogP contribution is 2.27. The largest absolute Gasteiger partial charge is 0.352 e. The first-order chi connectivity index (χ1) is 12.9. The summed E-state index contributed by atoms with van der Waals surface area (Å²) in [7, 11) is 4.05. The maximum atomic E-state index is 12.6. The molecular formula is C21H24BrN3O2. The van der Waals surface area contributed by atoms with Gasteiger partial charge in [0.15, 0.2) is 0 Å². The average molecular weight is 430 g/mol. The molecule has 1 aliphatic rings. The number of halogens is 1. The molecular weight excluding hydrogens is 406 g/mol. The molecule has 1 atom stereocenters. The van der Waals surface area contributed by atoms with Crippen LogP contribution in [0.1, 0.15) is 17.5 Å². The van der Waals surface area contributed by atoms with Crippen LogP contribution in [0, 0.1) is 5.92 Å². The monoisotopic (exact) mass is 429 g/mol. The van der Waals surface area contributed by atoms with Crippen LogP contribution in [0.25, 0.3) is 0 Å². The zero-order valence-electron chi connectivity index (χ0n) is 15.6. The molecule has 1 fully saturated rings. The molecule has 1 saturated heterocycles. The predicted molar refractivity (Wildman–Crippen MR) is 110 cm³/mol. The van der Waals surface area contributed by atoms with Crippen molar-refractivity contribution in [2.75, 3.05) is 25.5 Å². The van der Waals surface area contributed by atoms with Gasteiger partial charge >= 0.3 is 0 Å². The summed E-state index contributed by atoms with van der Waals surface area (Å²) in [6.07, 6.45) is 0.248. The summed E-state index contributed by atoms with van der Waals surface area (Å²) in [5.74, 6) is -0.403. The number of hydrogen-bond donors (Lipinski definition) is 1. The lowest BCUT2D eigenvalue weighted by Crippen LogP contribution is -2.33. The fourth-order valence-corrected chi connectivity index (χ4v) is 3.72. The minimum absolute atomic E-state index is 0.0127. The number of benzene rings is 2. The van der Waals surface area contributed by atoms with Gasteiger partial charge in [-0.05, 0) is 43.4 Å². The average Bonchev–Trinajstić information content (AvgIpc) is 3.02. The Bertz CT molecular complexity index is 838. The Kier molecular flexibility index (Phi) is 6.29. The summed E-state index contributed by atoms with van der Waals surface area (Å²) in [5.41, 5.74) is 3.12. The Labute approximate surface area is 168 Å². The second-order valence-electron chi connectivity index (χ2n) is 7.11. The molecule has 0 unspecified atom stereocenters. The van der Waals surface area contributed by atoms with E-state index in [1.165, 1.54) is 5.56 Å². The van der Waals surface area contributed by atoms with Crippen molar-refractivity contribution in [2.45, 2.75) is 19.5 Å². The molecule has 0 bridgehead atoms. The number of carbonyl (C=O) groups excluding carboxylic acids is 2. The molecule has 5 nitrogen and oxygen atoms in total. The van der Waals surface area contributed by atoms with E-state index in [0.29, 0.717) is 13.1 Å². The highest BCUT2D eigenvalue weighted by atomic mass is 79.9. The molecule has 2 amide bonds. The van der Waals surface area contributed by atoms with E-state index in [-0.39, 0.29) is 24.2 Å². The molecule has 0 aromatic heterocycles. The van der Waals surface area contributed by atoms with Crippen molar-refractivity contribution >= 4 is 33.4 Å². The van der Waals surface area contributed by atoms with Gasteiger partial charge in [-0.3, -0.25) is 9.59 Å². The summed E-state index contributed by atoms with van der Waals surface area (Å²) in [6, 6.07) is 15.7. The van der Waals surface area contributed by atoms with Crippen LogP contribution >= 0.6 is 15.9 Å². The third-order valence-electron chi connectivity index (χ3n) is 4.67. The topological polar surface area (TPSA) is 52.7 Å². The van der Waals surface area contributed by atoms with Gasteiger partial charge in [0.1, 0.15) is 0 Å². The zero-order chi connectivity index (χ0) is 19.4. The van der Waals surface area contributed by atoms with Crippen molar-refractivity contribution in [3.8, 4) is 0 Å². The van der Waals surface area contributed by atoms with Gasteiger partial charge in [0.2, 0.25) is 11.8 Å². The van der Waals surface area contributed by atoms with Crippen LogP contribution in [0.2, 0.25) is 0 Å². The lowest BCUT2D eigenvalue weighted by atomic mass is 10.1. The Hall–Kier alpha value is -2.18. The van der Waals surface area contributed by atoms with Gasteiger partial charge < -0.3 is 15.1 Å². The van der Waals surface area contributed by atoms with Crippen molar-refractivity contribution in [1.82, 2.24) is 10.2 Å². The minimum Gasteiger partial charge on any atom is -0.352 e. The molecule has 6 heteroatoms. The fourth-order valence-electron chi connectivity index (χ4n) is 3.33. The van der Waals surface area contributed by atoms with Crippen molar-refractivity contribution in [2.24, 2.45) is 5.92 Å². The Balaban J connectivity index is 1.62. The maximum absolute atomic E-state index is 12.6. The molecule has 3 rings (SSSR count). The van der Waals surface area contributed by atoms with Crippen LogP contribution in [0.5, 0.6) is 0 Å². The first-order valence-corrected chi connectivity index (χ1v) is 9.78. The third-order valence-corrected chi connectivity index (χ3v) is 5.17. The standard InChI is InChI=1S/C21H24BrN3O2/c1-24(2)13-16-7-4-3-6-15(16)12-23-21(27)17-10-20(26)25(14-17)19-9-5-8-18(22)11-19/h3-9,11,17H,10,12-14H2,1-2H3,(H,23,27)/t17-/m0/s1. The van der Waals surface area contributed by atoms with Crippen LogP contribution in [-0.4, -0.2) is 37.4 Å². The zero-order valence-corrected chi connectivity index (χ0v) is 17.2. The minimum atomic E-state index is -0.322. The van der Waals surface area contributed by atoms with Crippen molar-refractivity contribution in [3.05, 3.63) is 64.1 Å². The number of hydrogen-bond acceptors (Lipinski definition) is 3. The molecule has 0 spiro atoms. The molecule has 142 valence electrons. The number of nitrogens with one attached hydrogen (secondary N) is 1. The van der Waals surface area contributed by atoms with Crippen LogP contribution in [0.4, 0.5) is 5.69 Å². The molecule has 27 heavy (non-hydrogen) atoms. The predicted octanol–water partition coefficient (Wildman–Crippen LogP) is 3.18. The molecule has 1 N–H and O–H groups in total. The maximum Gasteiger partial charge on any atom is 0.227 e. The highest BCUT2D eigenvalue weighted by Gasteiger charge is 2.35. The van der Waals surface area contributed by atoms with Crippen LogP contribution < -0.4 is 10.2 Å². The third kappa shape index (κ3) is 4.96. The molecule has 0 aliphatic carbocycles. The first-order valence-electron chi connectivity index (χ1n) is 8.99. The van der Waals surface area contributed by atoms with E-state index in [9.17, 15) is 9.59 Å². The lowest BCUT2D eigenvalue weighted by molar-refractivity contribution is -0.126. The van der Waals surface area contributed by atoms with Gasteiger partial charge in [-0.1, -0.05) is 46.3 Å². The smallest absolute Gasteiger partial charge is 0.227 e. The second kappa shape index (κ2) is 8.67. The highest BCUT2D eigenvalue weighted by molar-refractivity contribution is 9.10. The van der Waals surface area contributed by atoms with Gasteiger partial charge in [-0.2, -0.15) is 0 Å². The van der Waals surface area contributed by atoms with Crippen molar-refractivity contribution in [3.63, 3.8) is 0 Å². The van der Waals surface area contributed by atoms with E-state index < -0.39 is 0 Å². The molecule has 0 radical (unpaired) electrons. The van der Waals surface area contributed by atoms with Crippen molar-refractivity contribution < 1.29 is 9.59 Å². The number of nitrogens with zero attached hydrogens (tertiary/aromatic N) is 2. The van der Waals surface area contributed by atoms with Gasteiger partial charge in [-0.15, -0.1) is 0 Å². The molecule has 1 heterocycles. The number of amides is 2. The first kappa shape index (κ1) is 19.6. The SMILES string of the molecule is CN(C)Cc1ccccc1CNC(=O)[C@H]1CC(=O)N(c2cccc(Br)c2)C1. The number of carbonyl (C=O) groups is 2. The molecule has 2 aromatic carbocycles. The van der Waals surface area contributed by atoms with Gasteiger partial charge in [0.05, 0.1) is 5.92 Å². The molecule has 0 saturated carbocycles. The quantitative estimate of drug-likeness (QED) is 0.766. The Morgan fingerprint density at radius 2 is 1.93 bits per heavy atom. The second-order valence-corrected chi connectivity index (χ2v) is 8.03. The summed E-state index contributed by atoms with van der Waals surface area (Å²) in [5, 5.41) is 3.01. The van der Waals surface area contributed by atoms with E-state index in [0.717, 1.165) is 22.3 Å². The normalized spacial score (nSPS) is 16.8. The Morgan fingerprint density at radius 1 is 1.19 bits per heavy atom. The van der Waals surface area contributed by atoms with Gasteiger partial charge in [-0.25, -0.2) is 0 Å².